The van der Waals surface area contributed by atoms with E-state index in [9.17, 15) is 13.2 Å². The molecule has 0 aromatic heterocycles. The summed E-state index contributed by atoms with van der Waals surface area (Å²) in [6.45, 7) is 0.0778. The van der Waals surface area contributed by atoms with Crippen LogP contribution in [-0.4, -0.2) is 27.2 Å². The van der Waals surface area contributed by atoms with Crippen molar-refractivity contribution in [2.75, 3.05) is 12.8 Å². The van der Waals surface area contributed by atoms with Crippen LogP contribution in [-0.2, 0) is 19.4 Å². The second-order valence-electron chi connectivity index (χ2n) is 4.82. The molecule has 1 aliphatic rings. The number of hydrogen-bond acceptors (Lipinski definition) is 4. The first-order chi connectivity index (χ1) is 11.7. The summed E-state index contributed by atoms with van der Waals surface area (Å²) in [5.41, 5.74) is 2.37. The fraction of sp³-hybridized carbons (Fsp3) is 0.118. The van der Waals surface area contributed by atoms with Gasteiger partial charge in [0, 0.05) is 15.9 Å². The van der Waals surface area contributed by atoms with Crippen LogP contribution < -0.4 is 0 Å². The van der Waals surface area contributed by atoms with Crippen LogP contribution in [0.4, 0.5) is 0 Å². The summed E-state index contributed by atoms with van der Waals surface area (Å²) >= 11 is 0. The van der Waals surface area contributed by atoms with E-state index in [4.69, 9.17) is 8.85 Å². The quantitative estimate of drug-likeness (QED) is 0.816. The molecule has 0 atom stereocenters. The SMILES string of the molecule is [2H]C([2H])([2H])S(=O)(=O)c1ccc(C2=C(c3ccccc3)C(=O)OC2)cc1. The van der Waals surface area contributed by atoms with Gasteiger partial charge in [0.2, 0.25) is 0 Å². The zero-order valence-electron chi connectivity index (χ0n) is 14.4. The number of rotatable bonds is 3. The maximum absolute atomic E-state index is 12.1. The summed E-state index contributed by atoms with van der Waals surface area (Å²) in [4.78, 5) is 11.8. The van der Waals surface area contributed by atoms with E-state index in [2.05, 4.69) is 0 Å². The van der Waals surface area contributed by atoms with E-state index in [1.54, 1.807) is 24.3 Å². The monoisotopic (exact) mass is 317 g/mol. The van der Waals surface area contributed by atoms with Crippen molar-refractivity contribution in [1.82, 2.24) is 0 Å². The topological polar surface area (TPSA) is 60.4 Å². The number of benzene rings is 2. The van der Waals surface area contributed by atoms with Gasteiger partial charge in [0.1, 0.15) is 6.61 Å². The first kappa shape index (κ1) is 11.2. The highest BCUT2D eigenvalue weighted by Gasteiger charge is 2.27. The minimum Gasteiger partial charge on any atom is -0.457 e. The number of carbonyl (C=O) groups excluding carboxylic acids is 1. The van der Waals surface area contributed by atoms with Crippen molar-refractivity contribution >= 4 is 27.0 Å². The first-order valence-electron chi connectivity index (χ1n) is 8.02. The average Bonchev–Trinajstić information content (AvgIpc) is 2.96. The molecule has 0 radical (unpaired) electrons. The van der Waals surface area contributed by atoms with Gasteiger partial charge >= 0.3 is 5.97 Å². The second-order valence-corrected chi connectivity index (χ2v) is 6.30. The van der Waals surface area contributed by atoms with Gasteiger partial charge in [-0.2, -0.15) is 0 Å². The van der Waals surface area contributed by atoms with Crippen LogP contribution in [0, 0.1) is 0 Å². The Balaban J connectivity index is 2.05. The summed E-state index contributed by atoms with van der Waals surface area (Å²) in [6.07, 6.45) is -3.12. The molecule has 2 aromatic rings. The van der Waals surface area contributed by atoms with Gasteiger partial charge in [-0.05, 0) is 23.3 Å². The van der Waals surface area contributed by atoms with Crippen LogP contribution in [0.1, 0.15) is 15.2 Å². The van der Waals surface area contributed by atoms with E-state index >= 15 is 0 Å². The maximum atomic E-state index is 12.1. The van der Waals surface area contributed by atoms with Crippen molar-refractivity contribution in [1.29, 1.82) is 0 Å². The predicted octanol–water partition coefficient (Wildman–Crippen LogP) is 2.56. The van der Waals surface area contributed by atoms with Crippen molar-refractivity contribution < 1.29 is 22.1 Å². The minimum atomic E-state index is -4.41. The van der Waals surface area contributed by atoms with E-state index in [0.29, 0.717) is 22.3 Å². The van der Waals surface area contributed by atoms with Crippen molar-refractivity contribution in [2.45, 2.75) is 4.90 Å². The molecule has 0 N–H and O–H groups in total. The molecular formula is C17H14O4S. The van der Waals surface area contributed by atoms with Crippen molar-refractivity contribution in [3.8, 4) is 0 Å². The summed E-state index contributed by atoms with van der Waals surface area (Å²) in [5.74, 6) is -0.444. The van der Waals surface area contributed by atoms with Crippen LogP contribution in [0.5, 0.6) is 0 Å². The number of esters is 1. The van der Waals surface area contributed by atoms with Crippen LogP contribution in [0.3, 0.4) is 0 Å². The largest absolute Gasteiger partial charge is 0.457 e. The maximum Gasteiger partial charge on any atom is 0.339 e. The molecule has 4 nitrogen and oxygen atoms in total. The lowest BCUT2D eigenvalue weighted by Crippen LogP contribution is -1.98. The summed E-state index contributed by atoms with van der Waals surface area (Å²) < 4.78 is 50.5. The van der Waals surface area contributed by atoms with E-state index in [0.717, 1.165) is 0 Å². The Bertz CT molecular complexity index is 944. The van der Waals surface area contributed by atoms with Gasteiger partial charge in [0.05, 0.1) is 10.5 Å². The van der Waals surface area contributed by atoms with Crippen LogP contribution >= 0.6 is 0 Å². The zero-order valence-corrected chi connectivity index (χ0v) is 12.3. The summed E-state index contributed by atoms with van der Waals surface area (Å²) in [6, 6.07) is 14.4. The molecule has 2 aromatic carbocycles. The molecule has 0 bridgehead atoms. The highest BCUT2D eigenvalue weighted by Crippen LogP contribution is 2.33. The molecule has 0 saturated carbocycles. The van der Waals surface area contributed by atoms with Gasteiger partial charge in [-0.25, -0.2) is 13.2 Å². The van der Waals surface area contributed by atoms with Gasteiger partial charge in [0.15, 0.2) is 9.84 Å². The highest BCUT2D eigenvalue weighted by atomic mass is 32.2. The molecule has 1 aliphatic heterocycles. The molecule has 0 fully saturated rings. The fourth-order valence-electron chi connectivity index (χ4n) is 2.37. The molecule has 3 rings (SSSR count). The Morgan fingerprint density at radius 3 is 2.32 bits per heavy atom. The normalized spacial score (nSPS) is 17.6. The van der Waals surface area contributed by atoms with Crippen LogP contribution in [0.2, 0.25) is 0 Å². The highest BCUT2D eigenvalue weighted by molar-refractivity contribution is 7.90. The van der Waals surface area contributed by atoms with Crippen LogP contribution in [0.15, 0.2) is 59.5 Å². The Hall–Kier alpha value is -2.40. The molecule has 0 unspecified atom stereocenters. The lowest BCUT2D eigenvalue weighted by molar-refractivity contribution is -0.133. The van der Waals surface area contributed by atoms with Gasteiger partial charge < -0.3 is 4.74 Å². The van der Waals surface area contributed by atoms with Gasteiger partial charge in [-0.1, -0.05) is 42.5 Å². The Labute approximate surface area is 133 Å². The molecule has 0 amide bonds. The Morgan fingerprint density at radius 2 is 1.68 bits per heavy atom. The minimum absolute atomic E-state index is 0.0778. The molecule has 0 saturated heterocycles. The predicted molar refractivity (Wildman–Crippen MR) is 83.8 cm³/mol. The third kappa shape index (κ3) is 2.67. The van der Waals surface area contributed by atoms with Crippen LogP contribution in [0.25, 0.3) is 11.1 Å². The fourth-order valence-corrected chi connectivity index (χ4v) is 2.86. The van der Waals surface area contributed by atoms with Crippen molar-refractivity contribution in [3.05, 3.63) is 65.7 Å². The van der Waals surface area contributed by atoms with Crippen molar-refractivity contribution in [3.63, 3.8) is 0 Å². The molecule has 1 heterocycles. The number of carbonyl (C=O) groups is 1. The average molecular weight is 317 g/mol. The van der Waals surface area contributed by atoms with E-state index in [1.807, 2.05) is 6.07 Å². The van der Waals surface area contributed by atoms with Crippen molar-refractivity contribution in [2.24, 2.45) is 0 Å². The smallest absolute Gasteiger partial charge is 0.339 e. The molecule has 0 aliphatic carbocycles. The Kier molecular flexibility index (Phi) is 2.76. The number of ether oxygens (including phenoxy) is 1. The van der Waals surface area contributed by atoms with E-state index in [-0.39, 0.29) is 11.5 Å². The van der Waals surface area contributed by atoms with E-state index < -0.39 is 22.0 Å². The Morgan fingerprint density at radius 1 is 1.00 bits per heavy atom. The third-order valence-corrected chi connectivity index (χ3v) is 4.32. The summed E-state index contributed by atoms with van der Waals surface area (Å²) in [7, 11) is -4.41. The molecule has 22 heavy (non-hydrogen) atoms. The molecule has 112 valence electrons. The second kappa shape index (κ2) is 5.42. The standard InChI is InChI=1S/C17H14O4S/c1-22(19,20)14-9-7-12(8-10-14)15-11-21-17(18)16(15)13-5-3-2-4-6-13/h2-10H,11H2,1H3/i1D3. The number of cyclic esters (lactones) is 1. The zero-order chi connectivity index (χ0) is 18.2. The molecule has 0 spiro atoms. The van der Waals surface area contributed by atoms with Gasteiger partial charge in [-0.15, -0.1) is 0 Å². The lowest BCUT2D eigenvalue weighted by atomic mass is 9.97. The van der Waals surface area contributed by atoms with Gasteiger partial charge in [-0.3, -0.25) is 0 Å². The molecule has 5 heteroatoms. The molecular weight excluding hydrogens is 300 g/mol. The van der Waals surface area contributed by atoms with E-state index in [1.165, 1.54) is 24.3 Å². The third-order valence-electron chi connectivity index (χ3n) is 3.43. The lowest BCUT2D eigenvalue weighted by Gasteiger charge is -2.05. The summed E-state index contributed by atoms with van der Waals surface area (Å²) in [5, 5.41) is 0. The van der Waals surface area contributed by atoms with Gasteiger partial charge in [0.25, 0.3) is 0 Å². The number of sulfone groups is 1. The first-order valence-corrected chi connectivity index (χ1v) is 8.01. The number of hydrogen-bond donors (Lipinski definition) is 0.